The molecule has 7 heteroatoms. The van der Waals surface area contributed by atoms with Gasteiger partial charge in [-0.25, -0.2) is 4.98 Å². The molecule has 1 aromatic carbocycles. The Morgan fingerprint density at radius 2 is 1.56 bits per heavy atom. The van der Waals surface area contributed by atoms with Crippen LogP contribution < -0.4 is 0 Å². The molecule has 27 heavy (non-hydrogen) atoms. The van der Waals surface area contributed by atoms with E-state index >= 15 is 0 Å². The van der Waals surface area contributed by atoms with E-state index in [0.29, 0.717) is 22.6 Å². The van der Waals surface area contributed by atoms with Gasteiger partial charge in [0.25, 0.3) is 0 Å². The summed E-state index contributed by atoms with van der Waals surface area (Å²) in [6.07, 6.45) is 3.21. The van der Waals surface area contributed by atoms with Gasteiger partial charge in [0, 0.05) is 27.3 Å². The first-order valence-corrected chi connectivity index (χ1v) is 8.70. The molecule has 3 aromatic heterocycles. The predicted octanol–water partition coefficient (Wildman–Crippen LogP) is 4.26. The summed E-state index contributed by atoms with van der Waals surface area (Å²) < 4.78 is 0. The van der Waals surface area contributed by atoms with E-state index in [9.17, 15) is 5.11 Å². The number of aromatic nitrogens is 4. The number of hydrogen-bond acceptors (Lipinski definition) is 6. The molecule has 4 aromatic rings. The number of aromatic hydroxyl groups is 1. The Hall–Kier alpha value is -2.56. The third-order valence-corrected chi connectivity index (χ3v) is 4.47. The number of hydrogen-bond donors (Lipinski definition) is 1. The van der Waals surface area contributed by atoms with Gasteiger partial charge in [0.2, 0.25) is 0 Å². The average molecular weight is 552 g/mol. The summed E-state index contributed by atoms with van der Waals surface area (Å²) in [4.78, 5) is 17.4. The van der Waals surface area contributed by atoms with Crippen LogP contribution in [0.3, 0.4) is 0 Å². The fourth-order valence-corrected chi connectivity index (χ4v) is 3.15. The molecular formula is C20H13N4OPtS-. The number of phenols is 1. The third-order valence-electron chi connectivity index (χ3n) is 3.58. The second-order valence-electron chi connectivity index (χ2n) is 5.34. The minimum atomic E-state index is 0. The van der Waals surface area contributed by atoms with Crippen LogP contribution >= 0.6 is 11.8 Å². The van der Waals surface area contributed by atoms with Crippen molar-refractivity contribution in [1.82, 2.24) is 19.9 Å². The van der Waals surface area contributed by atoms with Gasteiger partial charge < -0.3 is 10.1 Å². The maximum atomic E-state index is 10.0. The minimum Gasteiger partial charge on any atom is -0.520 e. The fourth-order valence-electron chi connectivity index (χ4n) is 2.38. The van der Waals surface area contributed by atoms with Crippen LogP contribution in [0, 0.1) is 6.07 Å². The Kier molecular flexibility index (Phi) is 6.32. The van der Waals surface area contributed by atoms with Crippen LogP contribution in [0.1, 0.15) is 0 Å². The molecule has 0 radical (unpaired) electrons. The molecule has 0 saturated heterocycles. The molecule has 136 valence electrons. The summed E-state index contributed by atoms with van der Waals surface area (Å²) in [6, 6.07) is 21.6. The molecular weight excluding hydrogens is 539 g/mol. The maximum absolute atomic E-state index is 10.0. The van der Waals surface area contributed by atoms with E-state index in [1.54, 1.807) is 24.4 Å². The van der Waals surface area contributed by atoms with Crippen molar-refractivity contribution < 1.29 is 26.2 Å². The van der Waals surface area contributed by atoms with E-state index in [0.717, 1.165) is 10.1 Å². The van der Waals surface area contributed by atoms with Gasteiger partial charge in [-0.05, 0) is 41.3 Å². The summed E-state index contributed by atoms with van der Waals surface area (Å²) in [5.74, 6) is 0.154. The molecule has 0 aliphatic rings. The second kappa shape index (κ2) is 8.89. The Balaban J connectivity index is 0.00000210. The molecule has 0 aliphatic carbocycles. The summed E-state index contributed by atoms with van der Waals surface area (Å²) in [6.45, 7) is 0. The molecule has 0 spiro atoms. The number of rotatable bonds is 4. The van der Waals surface area contributed by atoms with Gasteiger partial charge in [0.15, 0.2) is 0 Å². The third kappa shape index (κ3) is 4.59. The van der Waals surface area contributed by atoms with Crippen LogP contribution in [-0.4, -0.2) is 25.0 Å². The number of nitrogens with zero attached hydrogens (tertiary/aromatic N) is 4. The molecule has 1 N–H and O–H groups in total. The van der Waals surface area contributed by atoms with Crippen molar-refractivity contribution in [1.29, 1.82) is 0 Å². The van der Waals surface area contributed by atoms with E-state index in [1.165, 1.54) is 18.1 Å². The summed E-state index contributed by atoms with van der Waals surface area (Å²) in [7, 11) is 0. The first-order valence-electron chi connectivity index (χ1n) is 7.88. The fraction of sp³-hybridized carbons (Fsp3) is 0. The number of phenolic OH excluding ortho intramolecular Hbond substituents is 1. The molecule has 4 rings (SSSR count). The van der Waals surface area contributed by atoms with Gasteiger partial charge in [-0.1, -0.05) is 47.7 Å². The van der Waals surface area contributed by atoms with Gasteiger partial charge in [0.05, 0.1) is 10.8 Å². The Morgan fingerprint density at radius 1 is 0.778 bits per heavy atom. The molecule has 0 amide bonds. The van der Waals surface area contributed by atoms with Crippen molar-refractivity contribution in [3.8, 4) is 28.4 Å². The minimum absolute atomic E-state index is 0. The van der Waals surface area contributed by atoms with Crippen molar-refractivity contribution in [3.63, 3.8) is 0 Å². The number of benzene rings is 1. The second-order valence-corrected chi connectivity index (χ2v) is 6.38. The molecule has 0 bridgehead atoms. The molecule has 0 atom stereocenters. The van der Waals surface area contributed by atoms with Crippen LogP contribution in [0.15, 0.2) is 83.2 Å². The van der Waals surface area contributed by atoms with Crippen LogP contribution in [0.2, 0.25) is 0 Å². The van der Waals surface area contributed by atoms with Crippen LogP contribution in [0.4, 0.5) is 0 Å². The molecule has 3 heterocycles. The van der Waals surface area contributed by atoms with Gasteiger partial charge in [-0.15, -0.1) is 12.1 Å². The van der Waals surface area contributed by atoms with Crippen molar-refractivity contribution in [2.24, 2.45) is 0 Å². The van der Waals surface area contributed by atoms with Crippen LogP contribution in [0.25, 0.3) is 22.6 Å². The molecule has 5 nitrogen and oxygen atoms in total. The van der Waals surface area contributed by atoms with E-state index in [1.807, 2.05) is 42.5 Å². The van der Waals surface area contributed by atoms with Gasteiger partial charge in [-0.3, -0.25) is 9.97 Å². The summed E-state index contributed by atoms with van der Waals surface area (Å²) >= 11 is 1.48. The Morgan fingerprint density at radius 3 is 2.37 bits per heavy atom. The topological polar surface area (TPSA) is 71.8 Å². The van der Waals surface area contributed by atoms with E-state index < -0.39 is 0 Å². The molecule has 0 unspecified atom stereocenters. The molecule has 0 fully saturated rings. The predicted molar refractivity (Wildman–Crippen MR) is 99.6 cm³/mol. The zero-order valence-corrected chi connectivity index (χ0v) is 17.0. The average Bonchev–Trinajstić information content (AvgIpc) is 2.69. The monoisotopic (exact) mass is 552 g/mol. The quantitative estimate of drug-likeness (QED) is 0.382. The van der Waals surface area contributed by atoms with E-state index in [-0.39, 0.29) is 26.8 Å². The van der Waals surface area contributed by atoms with Crippen LogP contribution in [0.5, 0.6) is 5.75 Å². The van der Waals surface area contributed by atoms with Gasteiger partial charge >= 0.3 is 0 Å². The zero-order chi connectivity index (χ0) is 17.8. The van der Waals surface area contributed by atoms with E-state index in [4.69, 9.17) is 0 Å². The van der Waals surface area contributed by atoms with Crippen molar-refractivity contribution in [2.45, 2.75) is 10.1 Å². The maximum Gasteiger partial charge on any atom is 0.111 e. The smallest absolute Gasteiger partial charge is 0.111 e. The van der Waals surface area contributed by atoms with Gasteiger partial charge in [0.1, 0.15) is 11.4 Å². The largest absolute Gasteiger partial charge is 0.520 e. The van der Waals surface area contributed by atoms with Crippen LogP contribution in [-0.2, 0) is 21.1 Å². The van der Waals surface area contributed by atoms with Crippen molar-refractivity contribution in [3.05, 3.63) is 79.3 Å². The summed E-state index contributed by atoms with van der Waals surface area (Å²) in [5.41, 5.74) is 2.39. The SMILES string of the molecule is Oc1ccccc1-c1[c-]c(-c2cccc(Sc3ccccn3)n2)ncn1.[Pt]. The normalized spacial score (nSPS) is 10.2. The Bertz CT molecular complexity index is 1050. The van der Waals surface area contributed by atoms with Crippen molar-refractivity contribution in [2.75, 3.05) is 0 Å². The standard InChI is InChI=1S/C20H13N4OS.Pt/c25-18-8-2-1-6-14(18)16-12-17(23-13-22-16)15-7-5-10-20(24-15)26-19-9-3-4-11-21-19;/h1-11,13,25H;/q-1;. The van der Waals surface area contributed by atoms with Gasteiger partial charge in [-0.2, -0.15) is 0 Å². The Labute approximate surface area is 175 Å². The molecule has 0 saturated carbocycles. The summed E-state index contributed by atoms with van der Waals surface area (Å²) in [5, 5.41) is 11.7. The first kappa shape index (κ1) is 19.2. The zero-order valence-electron chi connectivity index (χ0n) is 13.9. The number of para-hydroxylation sites is 1. The van der Waals surface area contributed by atoms with Crippen molar-refractivity contribution >= 4 is 11.8 Å². The molecule has 0 aliphatic heterocycles. The first-order chi connectivity index (χ1) is 12.8. The number of pyridine rings is 2. The van der Waals surface area contributed by atoms with E-state index in [2.05, 4.69) is 26.0 Å².